The SMILES string of the molecule is CN(CCc1ccccc1)C(=O)c1ccncc1Cl. The van der Waals surface area contributed by atoms with Gasteiger partial charge < -0.3 is 4.90 Å². The summed E-state index contributed by atoms with van der Waals surface area (Å²) in [6.45, 7) is 0.654. The predicted octanol–water partition coefficient (Wildman–Crippen LogP) is 3.05. The van der Waals surface area contributed by atoms with E-state index in [1.807, 2.05) is 18.2 Å². The molecule has 0 N–H and O–H groups in total. The summed E-state index contributed by atoms with van der Waals surface area (Å²) in [5.74, 6) is -0.0802. The molecular formula is C15H15ClN2O. The van der Waals surface area contributed by atoms with E-state index in [1.54, 1.807) is 24.2 Å². The highest BCUT2D eigenvalue weighted by Crippen LogP contribution is 2.15. The fraction of sp³-hybridized carbons (Fsp3) is 0.200. The highest BCUT2D eigenvalue weighted by molar-refractivity contribution is 6.33. The van der Waals surface area contributed by atoms with Crippen molar-refractivity contribution in [3.8, 4) is 0 Å². The average Bonchev–Trinajstić information content (AvgIpc) is 2.45. The number of carbonyl (C=O) groups is 1. The van der Waals surface area contributed by atoms with Gasteiger partial charge in [-0.05, 0) is 18.1 Å². The summed E-state index contributed by atoms with van der Waals surface area (Å²) in [4.78, 5) is 17.8. The third-order valence-electron chi connectivity index (χ3n) is 2.93. The normalized spacial score (nSPS) is 10.2. The largest absolute Gasteiger partial charge is 0.341 e. The van der Waals surface area contributed by atoms with Gasteiger partial charge in [-0.15, -0.1) is 0 Å². The Kier molecular flexibility index (Phi) is 4.53. The number of rotatable bonds is 4. The van der Waals surface area contributed by atoms with Gasteiger partial charge in [-0.1, -0.05) is 41.9 Å². The van der Waals surface area contributed by atoms with E-state index in [2.05, 4.69) is 17.1 Å². The van der Waals surface area contributed by atoms with Crippen molar-refractivity contribution in [1.82, 2.24) is 9.88 Å². The summed E-state index contributed by atoms with van der Waals surface area (Å²) in [6.07, 6.45) is 3.88. The van der Waals surface area contributed by atoms with Crippen molar-refractivity contribution in [3.63, 3.8) is 0 Å². The Morgan fingerprint density at radius 1 is 1.26 bits per heavy atom. The van der Waals surface area contributed by atoms with Crippen LogP contribution in [-0.2, 0) is 6.42 Å². The van der Waals surface area contributed by atoms with E-state index in [9.17, 15) is 4.79 Å². The second-order valence-electron chi connectivity index (χ2n) is 4.32. The van der Waals surface area contributed by atoms with E-state index in [4.69, 9.17) is 11.6 Å². The monoisotopic (exact) mass is 274 g/mol. The molecule has 2 aromatic rings. The average molecular weight is 275 g/mol. The summed E-state index contributed by atoms with van der Waals surface area (Å²) in [5.41, 5.74) is 1.70. The summed E-state index contributed by atoms with van der Waals surface area (Å²) < 4.78 is 0. The van der Waals surface area contributed by atoms with Crippen molar-refractivity contribution in [1.29, 1.82) is 0 Å². The lowest BCUT2D eigenvalue weighted by atomic mass is 10.1. The van der Waals surface area contributed by atoms with E-state index >= 15 is 0 Å². The van der Waals surface area contributed by atoms with Crippen LogP contribution in [0, 0.1) is 0 Å². The molecule has 0 saturated carbocycles. The standard InChI is InChI=1S/C15H15ClN2O/c1-18(10-8-12-5-3-2-4-6-12)15(19)13-7-9-17-11-14(13)16/h2-7,9,11H,8,10H2,1H3. The van der Waals surface area contributed by atoms with Gasteiger partial charge in [0.1, 0.15) is 0 Å². The number of carbonyl (C=O) groups excluding carboxylic acids is 1. The maximum atomic E-state index is 12.2. The molecule has 0 bridgehead atoms. The Morgan fingerprint density at radius 2 is 2.00 bits per heavy atom. The van der Waals surface area contributed by atoms with Crippen LogP contribution >= 0.6 is 11.6 Å². The van der Waals surface area contributed by atoms with Crippen molar-refractivity contribution < 1.29 is 4.79 Å². The molecule has 0 radical (unpaired) electrons. The van der Waals surface area contributed by atoms with Crippen LogP contribution in [0.15, 0.2) is 48.8 Å². The first-order valence-corrected chi connectivity index (χ1v) is 6.45. The van der Waals surface area contributed by atoms with Crippen LogP contribution in [0.1, 0.15) is 15.9 Å². The zero-order valence-electron chi connectivity index (χ0n) is 10.7. The molecule has 0 fully saturated rings. The van der Waals surface area contributed by atoms with Crippen molar-refractivity contribution in [2.24, 2.45) is 0 Å². The van der Waals surface area contributed by atoms with Gasteiger partial charge in [0.25, 0.3) is 5.91 Å². The first-order valence-electron chi connectivity index (χ1n) is 6.07. The molecular weight excluding hydrogens is 260 g/mol. The molecule has 0 aliphatic heterocycles. The van der Waals surface area contributed by atoms with Crippen LogP contribution in [0.3, 0.4) is 0 Å². The molecule has 0 aliphatic carbocycles. The maximum absolute atomic E-state index is 12.2. The zero-order valence-corrected chi connectivity index (χ0v) is 11.5. The molecule has 1 heterocycles. The predicted molar refractivity (Wildman–Crippen MR) is 76.4 cm³/mol. The van der Waals surface area contributed by atoms with Crippen LogP contribution in [0.25, 0.3) is 0 Å². The van der Waals surface area contributed by atoms with Crippen molar-refractivity contribution in [2.45, 2.75) is 6.42 Å². The fourth-order valence-corrected chi connectivity index (χ4v) is 2.00. The molecule has 0 aliphatic rings. The Labute approximate surface area is 117 Å². The maximum Gasteiger partial charge on any atom is 0.255 e. The minimum atomic E-state index is -0.0802. The van der Waals surface area contributed by atoms with Gasteiger partial charge in [0.15, 0.2) is 0 Å². The number of hydrogen-bond donors (Lipinski definition) is 0. The third-order valence-corrected chi connectivity index (χ3v) is 3.23. The van der Waals surface area contributed by atoms with Crippen molar-refractivity contribution >= 4 is 17.5 Å². The quantitative estimate of drug-likeness (QED) is 0.859. The lowest BCUT2D eigenvalue weighted by Gasteiger charge is -2.17. The van der Waals surface area contributed by atoms with Gasteiger partial charge in [-0.2, -0.15) is 0 Å². The number of likely N-dealkylation sites (N-methyl/N-ethyl adjacent to an activating group) is 1. The first kappa shape index (κ1) is 13.6. The molecule has 1 aromatic carbocycles. The van der Waals surface area contributed by atoms with E-state index < -0.39 is 0 Å². The fourth-order valence-electron chi connectivity index (χ4n) is 1.80. The number of aromatic nitrogens is 1. The smallest absolute Gasteiger partial charge is 0.255 e. The lowest BCUT2D eigenvalue weighted by molar-refractivity contribution is 0.0796. The van der Waals surface area contributed by atoms with Gasteiger partial charge >= 0.3 is 0 Å². The number of halogens is 1. The summed E-state index contributed by atoms with van der Waals surface area (Å²) in [7, 11) is 1.78. The molecule has 0 spiro atoms. The second-order valence-corrected chi connectivity index (χ2v) is 4.73. The summed E-state index contributed by atoms with van der Waals surface area (Å²) >= 11 is 5.97. The molecule has 2 rings (SSSR count). The topological polar surface area (TPSA) is 33.2 Å². The minimum absolute atomic E-state index is 0.0802. The second kappa shape index (κ2) is 6.34. The van der Waals surface area contributed by atoms with E-state index in [0.29, 0.717) is 17.1 Å². The van der Waals surface area contributed by atoms with Gasteiger partial charge in [-0.3, -0.25) is 9.78 Å². The number of amides is 1. The molecule has 3 nitrogen and oxygen atoms in total. The van der Waals surface area contributed by atoms with E-state index in [0.717, 1.165) is 6.42 Å². The third kappa shape index (κ3) is 3.55. The van der Waals surface area contributed by atoms with Crippen molar-refractivity contribution in [2.75, 3.05) is 13.6 Å². The van der Waals surface area contributed by atoms with E-state index in [-0.39, 0.29) is 5.91 Å². The number of benzene rings is 1. The van der Waals surface area contributed by atoms with Crippen LogP contribution in [0.5, 0.6) is 0 Å². The van der Waals surface area contributed by atoms with Gasteiger partial charge in [-0.25, -0.2) is 0 Å². The van der Waals surface area contributed by atoms with Gasteiger partial charge in [0, 0.05) is 26.0 Å². The van der Waals surface area contributed by atoms with Crippen LogP contribution < -0.4 is 0 Å². The zero-order chi connectivity index (χ0) is 13.7. The Morgan fingerprint density at radius 3 is 2.68 bits per heavy atom. The minimum Gasteiger partial charge on any atom is -0.341 e. The highest BCUT2D eigenvalue weighted by Gasteiger charge is 2.14. The number of pyridine rings is 1. The number of nitrogens with zero attached hydrogens (tertiary/aromatic N) is 2. The summed E-state index contributed by atoms with van der Waals surface area (Å²) in [5, 5.41) is 0.388. The highest BCUT2D eigenvalue weighted by atomic mass is 35.5. The number of hydrogen-bond acceptors (Lipinski definition) is 2. The lowest BCUT2D eigenvalue weighted by Crippen LogP contribution is -2.29. The molecule has 0 atom stereocenters. The van der Waals surface area contributed by atoms with Crippen LogP contribution in [0.2, 0.25) is 5.02 Å². The van der Waals surface area contributed by atoms with Gasteiger partial charge in [0.2, 0.25) is 0 Å². The Hall–Kier alpha value is -1.87. The Balaban J connectivity index is 1.99. The first-order chi connectivity index (χ1) is 9.18. The molecule has 1 amide bonds. The molecule has 1 aromatic heterocycles. The molecule has 0 saturated heterocycles. The van der Waals surface area contributed by atoms with E-state index in [1.165, 1.54) is 11.8 Å². The molecule has 19 heavy (non-hydrogen) atoms. The molecule has 0 unspecified atom stereocenters. The van der Waals surface area contributed by atoms with Crippen LogP contribution in [-0.4, -0.2) is 29.4 Å². The molecule has 4 heteroatoms. The van der Waals surface area contributed by atoms with Crippen LogP contribution in [0.4, 0.5) is 0 Å². The van der Waals surface area contributed by atoms with Gasteiger partial charge in [0.05, 0.1) is 10.6 Å². The summed E-state index contributed by atoms with van der Waals surface area (Å²) in [6, 6.07) is 11.7. The van der Waals surface area contributed by atoms with Crippen molar-refractivity contribution in [3.05, 3.63) is 64.9 Å². The molecule has 98 valence electrons. The Bertz CT molecular complexity index is 557.